The largest absolute Gasteiger partial charge is 0.481 e. The SMILES string of the molecule is Cc1ccccc1[C@H](CC(=O)O)NC(=O)c1cc(=O)n(-c2ccccc2)[nH]1. The van der Waals surface area contributed by atoms with Gasteiger partial charge < -0.3 is 10.4 Å². The van der Waals surface area contributed by atoms with Crippen molar-refractivity contribution in [3.05, 3.63) is 87.8 Å². The molecule has 0 bridgehead atoms. The van der Waals surface area contributed by atoms with E-state index in [-0.39, 0.29) is 17.7 Å². The zero-order chi connectivity index (χ0) is 19.4. The summed E-state index contributed by atoms with van der Waals surface area (Å²) < 4.78 is 1.26. The Labute approximate surface area is 155 Å². The van der Waals surface area contributed by atoms with Crippen LogP contribution in [0.25, 0.3) is 5.69 Å². The standard InChI is InChI=1S/C20H19N3O4/c1-13-7-5-6-10-15(13)16(12-19(25)26)21-20(27)17-11-18(24)23(22-17)14-8-3-2-4-9-14/h2-11,16,22H,12H2,1H3,(H,21,27)(H,25,26)/t16-/m0/s1. The van der Waals surface area contributed by atoms with Crippen LogP contribution in [0.1, 0.15) is 34.1 Å². The van der Waals surface area contributed by atoms with Gasteiger partial charge in [0.25, 0.3) is 11.5 Å². The Morgan fingerprint density at radius 1 is 1.11 bits per heavy atom. The first kappa shape index (κ1) is 18.2. The van der Waals surface area contributed by atoms with E-state index in [1.807, 2.05) is 25.1 Å². The van der Waals surface area contributed by atoms with Crippen molar-refractivity contribution >= 4 is 11.9 Å². The van der Waals surface area contributed by atoms with E-state index in [2.05, 4.69) is 10.4 Å². The molecule has 1 amide bonds. The van der Waals surface area contributed by atoms with Crippen molar-refractivity contribution in [3.63, 3.8) is 0 Å². The molecular weight excluding hydrogens is 346 g/mol. The van der Waals surface area contributed by atoms with Gasteiger partial charge in [-0.25, -0.2) is 4.68 Å². The molecule has 1 atom stereocenters. The third-order valence-electron chi connectivity index (χ3n) is 4.23. The molecule has 3 aromatic rings. The minimum absolute atomic E-state index is 0.0628. The number of hydrogen-bond acceptors (Lipinski definition) is 3. The number of carboxylic acid groups (broad SMARTS) is 1. The fraction of sp³-hybridized carbons (Fsp3) is 0.150. The number of carbonyl (C=O) groups is 2. The lowest BCUT2D eigenvalue weighted by Gasteiger charge is -2.19. The molecule has 0 saturated heterocycles. The average Bonchev–Trinajstić information content (AvgIpc) is 3.04. The van der Waals surface area contributed by atoms with Crippen LogP contribution < -0.4 is 10.9 Å². The third kappa shape index (κ3) is 4.14. The predicted octanol–water partition coefficient (Wildman–Crippen LogP) is 2.42. The number of carbonyl (C=O) groups excluding carboxylic acids is 1. The first-order valence-electron chi connectivity index (χ1n) is 8.41. The molecular formula is C20H19N3O4. The maximum Gasteiger partial charge on any atom is 0.305 e. The molecule has 0 unspecified atom stereocenters. The maximum absolute atomic E-state index is 12.6. The molecule has 3 rings (SSSR count). The highest BCUT2D eigenvalue weighted by molar-refractivity contribution is 5.92. The highest BCUT2D eigenvalue weighted by Gasteiger charge is 2.21. The van der Waals surface area contributed by atoms with Gasteiger partial charge in [-0.2, -0.15) is 0 Å². The fourth-order valence-electron chi connectivity index (χ4n) is 2.91. The molecule has 138 valence electrons. The average molecular weight is 365 g/mol. The second kappa shape index (κ2) is 7.74. The fourth-order valence-corrected chi connectivity index (χ4v) is 2.91. The Morgan fingerprint density at radius 3 is 2.44 bits per heavy atom. The Morgan fingerprint density at radius 2 is 1.78 bits per heavy atom. The molecule has 1 aromatic heterocycles. The van der Waals surface area contributed by atoms with E-state index in [4.69, 9.17) is 0 Å². The first-order chi connectivity index (χ1) is 13.0. The normalized spacial score (nSPS) is 11.7. The Bertz CT molecular complexity index is 1020. The lowest BCUT2D eigenvalue weighted by Crippen LogP contribution is -2.31. The van der Waals surface area contributed by atoms with E-state index in [1.165, 1.54) is 10.7 Å². The molecule has 0 spiro atoms. The smallest absolute Gasteiger partial charge is 0.305 e. The minimum Gasteiger partial charge on any atom is -0.481 e. The zero-order valence-corrected chi connectivity index (χ0v) is 14.7. The van der Waals surface area contributed by atoms with Crippen molar-refractivity contribution in [2.75, 3.05) is 0 Å². The van der Waals surface area contributed by atoms with Gasteiger partial charge in [0, 0.05) is 6.07 Å². The summed E-state index contributed by atoms with van der Waals surface area (Å²) in [6.45, 7) is 1.85. The van der Waals surface area contributed by atoms with Gasteiger partial charge >= 0.3 is 5.97 Å². The van der Waals surface area contributed by atoms with Crippen molar-refractivity contribution < 1.29 is 14.7 Å². The van der Waals surface area contributed by atoms with Crippen LogP contribution in [0.3, 0.4) is 0 Å². The summed E-state index contributed by atoms with van der Waals surface area (Å²) in [5.74, 6) is -1.57. The lowest BCUT2D eigenvalue weighted by molar-refractivity contribution is -0.137. The van der Waals surface area contributed by atoms with E-state index in [0.717, 1.165) is 11.1 Å². The van der Waals surface area contributed by atoms with Crippen molar-refractivity contribution in [3.8, 4) is 5.69 Å². The number of aromatic amines is 1. The zero-order valence-electron chi connectivity index (χ0n) is 14.7. The maximum atomic E-state index is 12.6. The van der Waals surface area contributed by atoms with E-state index < -0.39 is 17.9 Å². The van der Waals surface area contributed by atoms with Crippen LogP contribution >= 0.6 is 0 Å². The summed E-state index contributed by atoms with van der Waals surface area (Å²) in [7, 11) is 0. The Kier molecular flexibility index (Phi) is 5.21. The summed E-state index contributed by atoms with van der Waals surface area (Å²) in [5, 5.41) is 14.7. The van der Waals surface area contributed by atoms with Gasteiger partial charge in [0.1, 0.15) is 5.69 Å². The van der Waals surface area contributed by atoms with E-state index in [0.29, 0.717) is 5.69 Å². The molecule has 2 aromatic carbocycles. The highest BCUT2D eigenvalue weighted by atomic mass is 16.4. The number of carboxylic acids is 1. The van der Waals surface area contributed by atoms with Crippen LogP contribution in [0, 0.1) is 6.92 Å². The number of benzene rings is 2. The number of rotatable bonds is 6. The van der Waals surface area contributed by atoms with Crippen LogP contribution in [0.2, 0.25) is 0 Å². The number of nitrogens with zero attached hydrogens (tertiary/aromatic N) is 1. The molecule has 7 nitrogen and oxygen atoms in total. The second-order valence-electron chi connectivity index (χ2n) is 6.16. The number of aliphatic carboxylic acids is 1. The monoisotopic (exact) mass is 365 g/mol. The molecule has 27 heavy (non-hydrogen) atoms. The molecule has 0 fully saturated rings. The second-order valence-corrected chi connectivity index (χ2v) is 6.16. The summed E-state index contributed by atoms with van der Waals surface area (Å²) in [4.78, 5) is 36.1. The van der Waals surface area contributed by atoms with E-state index in [9.17, 15) is 19.5 Å². The summed E-state index contributed by atoms with van der Waals surface area (Å²) in [6.07, 6.45) is -0.264. The number of nitrogens with one attached hydrogen (secondary N) is 2. The van der Waals surface area contributed by atoms with Gasteiger partial charge in [-0.3, -0.25) is 19.5 Å². The van der Waals surface area contributed by atoms with Crippen LogP contribution in [0.5, 0.6) is 0 Å². The molecule has 0 aliphatic heterocycles. The predicted molar refractivity (Wildman–Crippen MR) is 100 cm³/mol. The Balaban J connectivity index is 1.87. The number of H-pyrrole nitrogens is 1. The third-order valence-corrected chi connectivity index (χ3v) is 4.23. The molecule has 3 N–H and O–H groups in total. The van der Waals surface area contributed by atoms with Crippen LogP contribution in [-0.4, -0.2) is 26.8 Å². The number of aromatic nitrogens is 2. The van der Waals surface area contributed by atoms with Crippen molar-refractivity contribution in [1.82, 2.24) is 15.1 Å². The van der Waals surface area contributed by atoms with Crippen LogP contribution in [0.4, 0.5) is 0 Å². The first-order valence-corrected chi connectivity index (χ1v) is 8.41. The molecule has 0 radical (unpaired) electrons. The van der Waals surface area contributed by atoms with Crippen molar-refractivity contribution in [1.29, 1.82) is 0 Å². The number of para-hydroxylation sites is 1. The van der Waals surface area contributed by atoms with Gasteiger partial charge in [0.05, 0.1) is 18.2 Å². The lowest BCUT2D eigenvalue weighted by atomic mass is 9.98. The molecule has 0 saturated carbocycles. The van der Waals surface area contributed by atoms with E-state index in [1.54, 1.807) is 36.4 Å². The number of hydrogen-bond donors (Lipinski definition) is 3. The summed E-state index contributed by atoms with van der Waals surface area (Å²) in [6, 6.07) is 16.6. The molecule has 0 aliphatic carbocycles. The van der Waals surface area contributed by atoms with E-state index >= 15 is 0 Å². The topological polar surface area (TPSA) is 104 Å². The quantitative estimate of drug-likeness (QED) is 0.624. The number of amides is 1. The van der Waals surface area contributed by atoms with Gasteiger partial charge in [-0.15, -0.1) is 0 Å². The number of aryl methyl sites for hydroxylation is 1. The minimum atomic E-state index is -1.03. The van der Waals surface area contributed by atoms with Crippen LogP contribution in [-0.2, 0) is 4.79 Å². The van der Waals surface area contributed by atoms with Gasteiger partial charge in [0.15, 0.2) is 0 Å². The Hall–Kier alpha value is -3.61. The van der Waals surface area contributed by atoms with Gasteiger partial charge in [-0.1, -0.05) is 42.5 Å². The highest BCUT2D eigenvalue weighted by Crippen LogP contribution is 2.21. The molecule has 0 aliphatic rings. The van der Waals surface area contributed by atoms with Crippen LogP contribution in [0.15, 0.2) is 65.5 Å². The van der Waals surface area contributed by atoms with Gasteiger partial charge in [0.2, 0.25) is 0 Å². The summed E-state index contributed by atoms with van der Waals surface area (Å²) >= 11 is 0. The summed E-state index contributed by atoms with van der Waals surface area (Å²) in [5.41, 5.74) is 1.88. The van der Waals surface area contributed by atoms with Crippen molar-refractivity contribution in [2.45, 2.75) is 19.4 Å². The molecule has 1 heterocycles. The van der Waals surface area contributed by atoms with Gasteiger partial charge in [-0.05, 0) is 30.2 Å². The molecule has 7 heteroatoms. The van der Waals surface area contributed by atoms with Crippen molar-refractivity contribution in [2.24, 2.45) is 0 Å².